The van der Waals surface area contributed by atoms with Gasteiger partial charge in [0.05, 0.1) is 55.0 Å². The predicted octanol–water partition coefficient (Wildman–Crippen LogP) is 0.647. The monoisotopic (exact) mass is 462 g/mol. The Morgan fingerprint density at radius 1 is 0.700 bits per heavy atom. The molecule has 0 saturated carbocycles. The van der Waals surface area contributed by atoms with E-state index in [1.165, 1.54) is 70.6 Å². The Morgan fingerprint density at radius 3 is 1.57 bits per heavy atom. The quantitative estimate of drug-likeness (QED) is 0.135. The van der Waals surface area contributed by atoms with Gasteiger partial charge in [0.15, 0.2) is 0 Å². The summed E-state index contributed by atoms with van der Waals surface area (Å²) in [5.74, 6) is -0.833. The number of aliphatic hydroxyl groups is 1. The van der Waals surface area contributed by atoms with Crippen LogP contribution < -0.4 is 29.6 Å². The Kier molecular flexibility index (Phi) is 26.8. The van der Waals surface area contributed by atoms with Gasteiger partial charge in [-0.15, -0.1) is 0 Å². The number of hydrogen-bond acceptors (Lipinski definition) is 7. The summed E-state index contributed by atoms with van der Waals surface area (Å²) in [6.07, 6.45) is 14.6. The summed E-state index contributed by atoms with van der Waals surface area (Å²) in [6, 6.07) is 0. The van der Waals surface area contributed by atoms with Gasteiger partial charge in [-0.1, -0.05) is 77.6 Å². The summed E-state index contributed by atoms with van der Waals surface area (Å²) in [5.41, 5.74) is 0. The zero-order valence-electron chi connectivity index (χ0n) is 19.3. The number of unbranched alkanes of at least 4 members (excludes halogenated alkanes) is 11. The summed E-state index contributed by atoms with van der Waals surface area (Å²) in [4.78, 5) is 0. The Labute approximate surface area is 206 Å². The molecule has 0 radical (unpaired) electrons. The first-order valence-corrected chi connectivity index (χ1v) is 12.9. The first-order valence-electron chi connectivity index (χ1n) is 11.3. The van der Waals surface area contributed by atoms with Crippen LogP contribution in [0.25, 0.3) is 0 Å². The molecular weight excluding hydrogens is 419 g/mol. The number of ether oxygens (including phenoxy) is 3. The van der Waals surface area contributed by atoms with Crippen LogP contribution in [-0.4, -0.2) is 69.6 Å². The van der Waals surface area contributed by atoms with Gasteiger partial charge in [-0.3, -0.25) is 0 Å². The molecule has 0 saturated heterocycles. The van der Waals surface area contributed by atoms with E-state index >= 15 is 0 Å². The van der Waals surface area contributed by atoms with Crippen molar-refractivity contribution in [1.29, 1.82) is 0 Å². The molecule has 0 aliphatic rings. The van der Waals surface area contributed by atoms with E-state index < -0.39 is 22.0 Å². The molecule has 30 heavy (non-hydrogen) atoms. The van der Waals surface area contributed by atoms with Crippen molar-refractivity contribution >= 4 is 10.1 Å². The maximum absolute atomic E-state index is 10.4. The van der Waals surface area contributed by atoms with E-state index in [2.05, 4.69) is 6.92 Å². The number of hydrogen-bond donors (Lipinski definition) is 1. The van der Waals surface area contributed by atoms with Gasteiger partial charge in [-0.05, 0) is 6.42 Å². The molecule has 0 amide bonds. The number of rotatable bonds is 23. The van der Waals surface area contributed by atoms with E-state index in [1.54, 1.807) is 0 Å². The molecule has 0 aliphatic carbocycles. The average Bonchev–Trinajstić information content (AvgIpc) is 2.65. The first kappa shape index (κ1) is 32.9. The van der Waals surface area contributed by atoms with E-state index in [1.807, 2.05) is 0 Å². The van der Waals surface area contributed by atoms with Crippen molar-refractivity contribution in [2.75, 3.05) is 45.4 Å². The second kappa shape index (κ2) is 24.4. The van der Waals surface area contributed by atoms with E-state index in [0.717, 1.165) is 13.0 Å². The molecule has 1 N–H and O–H groups in total. The van der Waals surface area contributed by atoms with Crippen molar-refractivity contribution in [2.45, 2.75) is 90.1 Å². The zero-order chi connectivity index (χ0) is 21.6. The zero-order valence-corrected chi connectivity index (χ0v) is 22.1. The minimum atomic E-state index is -4.43. The van der Waals surface area contributed by atoms with Crippen molar-refractivity contribution in [3.05, 3.63) is 0 Å². The van der Waals surface area contributed by atoms with Gasteiger partial charge in [0.1, 0.15) is 0 Å². The maximum Gasteiger partial charge on any atom is 1.00 e. The van der Waals surface area contributed by atoms with Gasteiger partial charge in [0.2, 0.25) is 0 Å². The summed E-state index contributed by atoms with van der Waals surface area (Å²) >= 11 is 0. The summed E-state index contributed by atoms with van der Waals surface area (Å²) in [5, 5.41) is 9.27. The van der Waals surface area contributed by atoms with E-state index in [0.29, 0.717) is 19.8 Å². The molecule has 176 valence electrons. The molecule has 1 atom stereocenters. The molecule has 9 heteroatoms. The van der Waals surface area contributed by atoms with Crippen LogP contribution in [0.2, 0.25) is 0 Å². The van der Waals surface area contributed by atoms with Crippen LogP contribution in [0.4, 0.5) is 0 Å². The normalized spacial score (nSPS) is 12.6. The van der Waals surface area contributed by atoms with Gasteiger partial charge in [0.25, 0.3) is 0 Å². The molecular formula is C21H43NaO7S. The predicted molar refractivity (Wildman–Crippen MR) is 114 cm³/mol. The molecule has 0 aromatic carbocycles. The van der Waals surface area contributed by atoms with Crippen molar-refractivity contribution in [3.8, 4) is 0 Å². The first-order chi connectivity index (χ1) is 14.0. The van der Waals surface area contributed by atoms with Gasteiger partial charge in [0, 0.05) is 6.61 Å². The Bertz CT molecular complexity index is 435. The molecule has 0 spiro atoms. The van der Waals surface area contributed by atoms with Crippen LogP contribution in [0.5, 0.6) is 0 Å². The van der Waals surface area contributed by atoms with Gasteiger partial charge in [-0.2, -0.15) is 0 Å². The fourth-order valence-corrected chi connectivity index (χ4v) is 3.56. The van der Waals surface area contributed by atoms with Crippen LogP contribution in [0, 0.1) is 0 Å². The largest absolute Gasteiger partial charge is 1.00 e. The van der Waals surface area contributed by atoms with E-state index in [4.69, 9.17) is 14.2 Å². The standard InChI is InChI=1S/C21H44O7S.Na/c1-2-3-4-5-6-7-8-9-10-11-12-13-14-26-15-16-27-17-18-28-19-21(22)20-29(23,24)25;/h21-22H,2-20H2,1H3,(H,23,24,25);/q;+1/p-1. The second-order valence-corrected chi connectivity index (χ2v) is 9.02. The van der Waals surface area contributed by atoms with Gasteiger partial charge >= 0.3 is 29.6 Å². The molecule has 0 fully saturated rings. The van der Waals surface area contributed by atoms with Crippen LogP contribution in [0.1, 0.15) is 84.0 Å². The number of aliphatic hydroxyl groups excluding tert-OH is 1. The third-order valence-corrected chi connectivity index (χ3v) is 5.39. The fraction of sp³-hybridized carbons (Fsp3) is 1.00. The van der Waals surface area contributed by atoms with Gasteiger partial charge in [-0.25, -0.2) is 8.42 Å². The second-order valence-electron chi connectivity index (χ2n) is 7.57. The summed E-state index contributed by atoms with van der Waals surface area (Å²) in [6.45, 7) is 4.39. The molecule has 0 aromatic rings. The van der Waals surface area contributed by atoms with Crippen molar-refractivity contribution in [3.63, 3.8) is 0 Å². The van der Waals surface area contributed by atoms with Crippen molar-refractivity contribution < 1.29 is 61.8 Å². The minimum Gasteiger partial charge on any atom is -0.748 e. The maximum atomic E-state index is 10.4. The molecule has 1 unspecified atom stereocenters. The molecule has 0 aromatic heterocycles. The van der Waals surface area contributed by atoms with Crippen LogP contribution in [0.15, 0.2) is 0 Å². The van der Waals surface area contributed by atoms with Crippen LogP contribution in [0.3, 0.4) is 0 Å². The summed E-state index contributed by atoms with van der Waals surface area (Å²) in [7, 11) is -4.43. The third-order valence-electron chi connectivity index (χ3n) is 4.59. The third kappa shape index (κ3) is 28.8. The summed E-state index contributed by atoms with van der Waals surface area (Å²) < 4.78 is 47.2. The van der Waals surface area contributed by atoms with E-state index in [-0.39, 0.29) is 42.8 Å². The fourth-order valence-electron chi connectivity index (χ4n) is 2.99. The molecule has 0 bridgehead atoms. The Hall–Kier alpha value is 0.750. The molecule has 0 aliphatic heterocycles. The van der Waals surface area contributed by atoms with Crippen LogP contribution >= 0.6 is 0 Å². The molecule has 0 rings (SSSR count). The molecule has 7 nitrogen and oxygen atoms in total. The smallest absolute Gasteiger partial charge is 0.748 e. The minimum absolute atomic E-state index is 0. The van der Waals surface area contributed by atoms with Gasteiger partial charge < -0.3 is 23.9 Å². The van der Waals surface area contributed by atoms with Crippen LogP contribution in [-0.2, 0) is 24.3 Å². The van der Waals surface area contributed by atoms with E-state index in [9.17, 15) is 18.1 Å². The topological polar surface area (TPSA) is 105 Å². The van der Waals surface area contributed by atoms with Crippen molar-refractivity contribution in [2.24, 2.45) is 0 Å². The Morgan fingerprint density at radius 2 is 1.10 bits per heavy atom. The van der Waals surface area contributed by atoms with Crippen molar-refractivity contribution in [1.82, 2.24) is 0 Å². The SMILES string of the molecule is CCCCCCCCCCCCCCOCCOCCOCC(O)CS(=O)(=O)[O-].[Na+]. The Balaban J connectivity index is 0. The average molecular weight is 463 g/mol. The molecule has 0 heterocycles.